The van der Waals surface area contributed by atoms with E-state index in [1.807, 2.05) is 12.1 Å². The first-order valence-electron chi connectivity index (χ1n) is 5.87. The molecule has 6 heteroatoms. The zero-order valence-electron chi connectivity index (χ0n) is 10.6. The molecule has 1 atom stereocenters. The van der Waals surface area contributed by atoms with Crippen LogP contribution in [0.25, 0.3) is 0 Å². The van der Waals surface area contributed by atoms with Crippen molar-refractivity contribution in [2.75, 3.05) is 6.61 Å². The monoisotopic (exact) mass is 339 g/mol. The zero-order chi connectivity index (χ0) is 15.0. The van der Waals surface area contributed by atoms with Gasteiger partial charge in [0.05, 0.1) is 13.0 Å². The molecule has 0 bridgehead atoms. The molecule has 0 aliphatic rings. The lowest BCUT2D eigenvalue weighted by molar-refractivity contribution is -0.141. The number of carboxylic acid groups (broad SMARTS) is 1. The Morgan fingerprint density at radius 1 is 1.40 bits per heavy atom. The molecule has 0 radical (unpaired) electrons. The Hall–Kier alpha value is -2.00. The number of nitrogens with one attached hydrogen (secondary N) is 1. The third-order valence-electron chi connectivity index (χ3n) is 2.37. The van der Waals surface area contributed by atoms with E-state index in [1.54, 1.807) is 12.1 Å². The number of carbonyl (C=O) groups excluding carboxylic acids is 1. The van der Waals surface area contributed by atoms with Crippen molar-refractivity contribution in [2.45, 2.75) is 18.9 Å². The van der Waals surface area contributed by atoms with Crippen molar-refractivity contribution in [3.63, 3.8) is 0 Å². The molecule has 0 heterocycles. The van der Waals surface area contributed by atoms with Crippen molar-refractivity contribution in [3.8, 4) is 18.1 Å². The van der Waals surface area contributed by atoms with Gasteiger partial charge in [-0.25, -0.2) is 4.79 Å². The predicted octanol–water partition coefficient (Wildman–Crippen LogP) is 1.81. The molecule has 0 aromatic heterocycles. The third-order valence-corrected chi connectivity index (χ3v) is 2.90. The Morgan fingerprint density at radius 2 is 2.05 bits per heavy atom. The highest BCUT2D eigenvalue weighted by Gasteiger charge is 2.18. The number of rotatable bonds is 7. The van der Waals surface area contributed by atoms with Gasteiger partial charge in [-0.15, -0.1) is 12.3 Å². The number of carboxylic acids is 1. The first-order valence-corrected chi connectivity index (χ1v) is 6.66. The minimum atomic E-state index is -1.15. The van der Waals surface area contributed by atoms with E-state index in [9.17, 15) is 9.59 Å². The summed E-state index contributed by atoms with van der Waals surface area (Å²) in [6.07, 6.45) is 5.05. The summed E-state index contributed by atoms with van der Waals surface area (Å²) in [7, 11) is 0. The molecule has 2 N–H and O–H groups in total. The lowest BCUT2D eigenvalue weighted by Crippen LogP contribution is -2.40. The number of hydrogen-bond donors (Lipinski definition) is 2. The van der Waals surface area contributed by atoms with Crippen LogP contribution in [-0.2, 0) is 9.59 Å². The van der Waals surface area contributed by atoms with Gasteiger partial charge >= 0.3 is 5.97 Å². The summed E-state index contributed by atoms with van der Waals surface area (Å²) >= 11 is 3.30. The Kier molecular flexibility index (Phi) is 6.60. The Morgan fingerprint density at radius 3 is 2.60 bits per heavy atom. The van der Waals surface area contributed by atoms with Gasteiger partial charge in [0.25, 0.3) is 0 Å². The maximum absolute atomic E-state index is 11.5. The third kappa shape index (κ3) is 5.76. The molecule has 0 aliphatic heterocycles. The SMILES string of the molecule is C#CCC(NC(=O)CCOc1ccc(Br)cc1)C(=O)O. The molecule has 0 fully saturated rings. The highest BCUT2D eigenvalue weighted by atomic mass is 79.9. The van der Waals surface area contributed by atoms with Gasteiger partial charge in [0.2, 0.25) is 5.91 Å². The lowest BCUT2D eigenvalue weighted by Gasteiger charge is -2.12. The number of ether oxygens (including phenoxy) is 1. The summed E-state index contributed by atoms with van der Waals surface area (Å²) < 4.78 is 6.30. The van der Waals surface area contributed by atoms with E-state index in [-0.39, 0.29) is 19.4 Å². The number of hydrogen-bond acceptors (Lipinski definition) is 3. The van der Waals surface area contributed by atoms with Crippen LogP contribution < -0.4 is 10.1 Å². The minimum absolute atomic E-state index is 0.0470. The van der Waals surface area contributed by atoms with Gasteiger partial charge < -0.3 is 15.2 Å². The molecule has 1 amide bonds. The molecule has 0 spiro atoms. The van der Waals surface area contributed by atoms with Crippen LogP contribution in [0.15, 0.2) is 28.7 Å². The molecule has 1 aromatic carbocycles. The van der Waals surface area contributed by atoms with E-state index < -0.39 is 17.9 Å². The molecule has 5 nitrogen and oxygen atoms in total. The normalized spacial score (nSPS) is 11.2. The summed E-state index contributed by atoms with van der Waals surface area (Å²) in [5.41, 5.74) is 0. The molecule has 0 saturated heterocycles. The van der Waals surface area contributed by atoms with Gasteiger partial charge in [-0.1, -0.05) is 15.9 Å². The fraction of sp³-hybridized carbons (Fsp3) is 0.286. The van der Waals surface area contributed by atoms with Gasteiger partial charge in [0.15, 0.2) is 0 Å². The van der Waals surface area contributed by atoms with E-state index in [2.05, 4.69) is 27.2 Å². The van der Waals surface area contributed by atoms with Gasteiger partial charge in [0, 0.05) is 10.9 Å². The average molecular weight is 340 g/mol. The summed E-state index contributed by atoms with van der Waals surface area (Å²) in [4.78, 5) is 22.4. The summed E-state index contributed by atoms with van der Waals surface area (Å²) in [5.74, 6) is 1.29. The van der Waals surface area contributed by atoms with E-state index in [0.29, 0.717) is 5.75 Å². The van der Waals surface area contributed by atoms with E-state index in [0.717, 1.165) is 4.47 Å². The standard InChI is InChI=1S/C14H14BrNO4/c1-2-3-12(14(18)19)16-13(17)8-9-20-11-6-4-10(15)5-7-11/h1,4-7,12H,3,8-9H2,(H,16,17)(H,18,19). The molecule has 0 aliphatic carbocycles. The number of carbonyl (C=O) groups is 2. The second-order valence-electron chi connectivity index (χ2n) is 3.92. The van der Waals surface area contributed by atoms with Crippen molar-refractivity contribution >= 4 is 27.8 Å². The highest BCUT2D eigenvalue weighted by molar-refractivity contribution is 9.10. The fourth-order valence-corrected chi connectivity index (χ4v) is 1.64. The van der Waals surface area contributed by atoms with Crippen LogP contribution in [0.3, 0.4) is 0 Å². The molecule has 1 unspecified atom stereocenters. The van der Waals surface area contributed by atoms with Gasteiger partial charge in [-0.3, -0.25) is 4.79 Å². The molecule has 1 aromatic rings. The number of amides is 1. The Bertz CT molecular complexity index is 507. The average Bonchev–Trinajstić information content (AvgIpc) is 2.40. The van der Waals surface area contributed by atoms with Crippen LogP contribution >= 0.6 is 15.9 Å². The minimum Gasteiger partial charge on any atom is -0.493 e. The predicted molar refractivity (Wildman–Crippen MR) is 77.3 cm³/mol. The number of terminal acetylenes is 1. The van der Waals surface area contributed by atoms with Crippen LogP contribution in [0, 0.1) is 12.3 Å². The molecular formula is C14H14BrNO4. The maximum Gasteiger partial charge on any atom is 0.327 e. The van der Waals surface area contributed by atoms with Crippen LogP contribution in [0.4, 0.5) is 0 Å². The van der Waals surface area contributed by atoms with E-state index in [4.69, 9.17) is 16.3 Å². The maximum atomic E-state index is 11.5. The van der Waals surface area contributed by atoms with Crippen molar-refractivity contribution in [1.29, 1.82) is 0 Å². The van der Waals surface area contributed by atoms with Gasteiger partial charge in [-0.2, -0.15) is 0 Å². The first kappa shape index (κ1) is 16.1. The first-order chi connectivity index (χ1) is 9.52. The fourth-order valence-electron chi connectivity index (χ4n) is 1.38. The lowest BCUT2D eigenvalue weighted by atomic mass is 10.2. The molecule has 0 saturated carbocycles. The summed E-state index contributed by atoms with van der Waals surface area (Å²) in [6, 6.07) is 6.12. The number of halogens is 1. The van der Waals surface area contributed by atoms with Gasteiger partial charge in [-0.05, 0) is 24.3 Å². The molecular weight excluding hydrogens is 326 g/mol. The second kappa shape index (κ2) is 8.23. The summed E-state index contributed by atoms with van der Waals surface area (Å²) in [5, 5.41) is 11.2. The van der Waals surface area contributed by atoms with Crippen LogP contribution in [-0.4, -0.2) is 29.6 Å². The largest absolute Gasteiger partial charge is 0.493 e. The van der Waals surface area contributed by atoms with Crippen molar-refractivity contribution in [3.05, 3.63) is 28.7 Å². The number of benzene rings is 1. The van der Waals surface area contributed by atoms with E-state index >= 15 is 0 Å². The Labute approximate surface area is 125 Å². The topological polar surface area (TPSA) is 75.6 Å². The number of aliphatic carboxylic acids is 1. The van der Waals surface area contributed by atoms with E-state index in [1.165, 1.54) is 0 Å². The van der Waals surface area contributed by atoms with Crippen LogP contribution in [0.5, 0.6) is 5.75 Å². The van der Waals surface area contributed by atoms with Crippen molar-refractivity contribution in [2.24, 2.45) is 0 Å². The zero-order valence-corrected chi connectivity index (χ0v) is 12.2. The van der Waals surface area contributed by atoms with Crippen molar-refractivity contribution < 1.29 is 19.4 Å². The van der Waals surface area contributed by atoms with Crippen LogP contribution in [0.1, 0.15) is 12.8 Å². The van der Waals surface area contributed by atoms with Gasteiger partial charge in [0.1, 0.15) is 11.8 Å². The smallest absolute Gasteiger partial charge is 0.327 e. The second-order valence-corrected chi connectivity index (χ2v) is 4.83. The highest BCUT2D eigenvalue weighted by Crippen LogP contribution is 2.16. The molecule has 20 heavy (non-hydrogen) atoms. The molecule has 106 valence electrons. The van der Waals surface area contributed by atoms with Crippen LogP contribution in [0.2, 0.25) is 0 Å². The summed E-state index contributed by atoms with van der Waals surface area (Å²) in [6.45, 7) is 0.163. The quantitative estimate of drug-likeness (QED) is 0.743. The van der Waals surface area contributed by atoms with Crippen molar-refractivity contribution in [1.82, 2.24) is 5.32 Å². The molecule has 1 rings (SSSR count). The Balaban J connectivity index is 2.34.